The van der Waals surface area contributed by atoms with Crippen molar-refractivity contribution in [3.05, 3.63) is 0 Å². The summed E-state index contributed by atoms with van der Waals surface area (Å²) in [5.74, 6) is 0.0989. The molecule has 4 nitrogen and oxygen atoms in total. The molecule has 0 aromatic rings. The number of hydrogen-bond donors (Lipinski definition) is 0. The van der Waals surface area contributed by atoms with E-state index < -0.39 is 10.0 Å². The molecule has 0 spiro atoms. The molecule has 0 aliphatic carbocycles. The SMILES string of the molecule is CCC(=O)C1CCCN(S(C)(=O)=O)C1. The highest BCUT2D eigenvalue weighted by molar-refractivity contribution is 7.88. The monoisotopic (exact) mass is 219 g/mol. The lowest BCUT2D eigenvalue weighted by atomic mass is 9.94. The number of carbonyl (C=O) groups is 1. The van der Waals surface area contributed by atoms with Crippen LogP contribution >= 0.6 is 0 Å². The standard InChI is InChI=1S/C9H17NO3S/c1-3-9(11)8-5-4-6-10(7-8)14(2,12)13/h8H,3-7H2,1-2H3. The van der Waals surface area contributed by atoms with Gasteiger partial charge in [0, 0.05) is 25.4 Å². The van der Waals surface area contributed by atoms with Gasteiger partial charge in [0.2, 0.25) is 10.0 Å². The third-order valence-electron chi connectivity index (χ3n) is 2.66. The average molecular weight is 219 g/mol. The summed E-state index contributed by atoms with van der Waals surface area (Å²) in [7, 11) is -3.12. The second kappa shape index (κ2) is 4.40. The molecule has 14 heavy (non-hydrogen) atoms. The van der Waals surface area contributed by atoms with Crippen LogP contribution in [0.2, 0.25) is 0 Å². The first kappa shape index (κ1) is 11.7. The molecule has 0 N–H and O–H groups in total. The summed E-state index contributed by atoms with van der Waals surface area (Å²) in [6, 6.07) is 0. The molecule has 1 rings (SSSR count). The maximum Gasteiger partial charge on any atom is 0.211 e. The Hall–Kier alpha value is -0.420. The first-order valence-electron chi connectivity index (χ1n) is 4.93. The van der Waals surface area contributed by atoms with E-state index in [9.17, 15) is 13.2 Å². The number of piperidine rings is 1. The van der Waals surface area contributed by atoms with Crippen molar-refractivity contribution >= 4 is 15.8 Å². The fourth-order valence-electron chi connectivity index (χ4n) is 1.80. The Bertz CT molecular complexity index is 310. The van der Waals surface area contributed by atoms with Crippen LogP contribution in [0.5, 0.6) is 0 Å². The van der Waals surface area contributed by atoms with Gasteiger partial charge in [-0.25, -0.2) is 12.7 Å². The Balaban J connectivity index is 2.65. The summed E-state index contributed by atoms with van der Waals surface area (Å²) in [5, 5.41) is 0. The molecule has 1 fully saturated rings. The van der Waals surface area contributed by atoms with E-state index in [0.717, 1.165) is 12.8 Å². The first-order chi connectivity index (χ1) is 6.45. The topological polar surface area (TPSA) is 54.5 Å². The van der Waals surface area contributed by atoms with Crippen LogP contribution < -0.4 is 0 Å². The average Bonchev–Trinajstić information content (AvgIpc) is 2.15. The van der Waals surface area contributed by atoms with E-state index in [1.807, 2.05) is 6.92 Å². The minimum Gasteiger partial charge on any atom is -0.299 e. The highest BCUT2D eigenvalue weighted by Crippen LogP contribution is 2.20. The van der Waals surface area contributed by atoms with Crippen LogP contribution in [-0.4, -0.2) is 37.9 Å². The Morgan fingerprint density at radius 2 is 2.14 bits per heavy atom. The number of Topliss-reactive ketones (excluding diaryl/α,β-unsaturated/α-hetero) is 1. The van der Waals surface area contributed by atoms with Crippen molar-refractivity contribution < 1.29 is 13.2 Å². The smallest absolute Gasteiger partial charge is 0.211 e. The van der Waals surface area contributed by atoms with Gasteiger partial charge in [0.05, 0.1) is 6.26 Å². The summed E-state index contributed by atoms with van der Waals surface area (Å²) in [6.07, 6.45) is 3.33. The maximum absolute atomic E-state index is 11.4. The zero-order chi connectivity index (χ0) is 10.8. The maximum atomic E-state index is 11.4. The van der Waals surface area contributed by atoms with Crippen molar-refractivity contribution in [2.75, 3.05) is 19.3 Å². The lowest BCUT2D eigenvalue weighted by Crippen LogP contribution is -2.41. The molecule has 0 bridgehead atoms. The second-order valence-electron chi connectivity index (χ2n) is 3.78. The second-order valence-corrected chi connectivity index (χ2v) is 5.76. The minimum atomic E-state index is -3.12. The van der Waals surface area contributed by atoms with Gasteiger partial charge in [0.1, 0.15) is 5.78 Å². The van der Waals surface area contributed by atoms with Gasteiger partial charge in [-0.15, -0.1) is 0 Å². The quantitative estimate of drug-likeness (QED) is 0.700. The zero-order valence-corrected chi connectivity index (χ0v) is 9.51. The van der Waals surface area contributed by atoms with Crippen LogP contribution in [0.25, 0.3) is 0 Å². The number of ketones is 1. The van der Waals surface area contributed by atoms with E-state index in [1.54, 1.807) is 0 Å². The van der Waals surface area contributed by atoms with Gasteiger partial charge in [-0.1, -0.05) is 6.92 Å². The van der Waals surface area contributed by atoms with Crippen molar-refractivity contribution in [1.82, 2.24) is 4.31 Å². The van der Waals surface area contributed by atoms with E-state index in [-0.39, 0.29) is 11.7 Å². The fraction of sp³-hybridized carbons (Fsp3) is 0.889. The Morgan fingerprint density at radius 3 is 2.64 bits per heavy atom. The Kier molecular flexibility index (Phi) is 3.66. The molecule has 0 radical (unpaired) electrons. The van der Waals surface area contributed by atoms with Crippen LogP contribution in [0.1, 0.15) is 26.2 Å². The molecule has 0 aromatic heterocycles. The molecule has 1 aliphatic heterocycles. The van der Waals surface area contributed by atoms with Gasteiger partial charge >= 0.3 is 0 Å². The number of hydrogen-bond acceptors (Lipinski definition) is 3. The molecule has 0 saturated carbocycles. The van der Waals surface area contributed by atoms with E-state index in [2.05, 4.69) is 0 Å². The number of nitrogens with zero attached hydrogens (tertiary/aromatic N) is 1. The molecule has 0 aromatic carbocycles. The number of rotatable bonds is 3. The molecule has 1 aliphatic rings. The van der Waals surface area contributed by atoms with Gasteiger partial charge in [-0.3, -0.25) is 4.79 Å². The molecule has 82 valence electrons. The van der Waals surface area contributed by atoms with Crippen LogP contribution in [0.3, 0.4) is 0 Å². The van der Waals surface area contributed by atoms with Gasteiger partial charge in [-0.2, -0.15) is 0 Å². The van der Waals surface area contributed by atoms with Gasteiger partial charge < -0.3 is 0 Å². The van der Waals surface area contributed by atoms with Crippen LogP contribution in [0, 0.1) is 5.92 Å². The number of sulfonamides is 1. The molecule has 1 heterocycles. The minimum absolute atomic E-state index is 0.0801. The Morgan fingerprint density at radius 1 is 1.50 bits per heavy atom. The van der Waals surface area contributed by atoms with Gasteiger partial charge in [-0.05, 0) is 12.8 Å². The van der Waals surface area contributed by atoms with E-state index in [4.69, 9.17) is 0 Å². The van der Waals surface area contributed by atoms with E-state index in [1.165, 1.54) is 10.6 Å². The van der Waals surface area contributed by atoms with Crippen molar-refractivity contribution in [3.8, 4) is 0 Å². The molecule has 1 atom stereocenters. The first-order valence-corrected chi connectivity index (χ1v) is 6.77. The number of carbonyl (C=O) groups excluding carboxylic acids is 1. The van der Waals surface area contributed by atoms with Crippen molar-refractivity contribution in [2.45, 2.75) is 26.2 Å². The lowest BCUT2D eigenvalue weighted by Gasteiger charge is -2.29. The molecule has 1 unspecified atom stereocenters. The fourth-order valence-corrected chi connectivity index (χ4v) is 2.71. The van der Waals surface area contributed by atoms with Crippen molar-refractivity contribution in [1.29, 1.82) is 0 Å². The summed E-state index contributed by atoms with van der Waals surface area (Å²) >= 11 is 0. The van der Waals surface area contributed by atoms with Crippen LogP contribution in [0.15, 0.2) is 0 Å². The van der Waals surface area contributed by atoms with Crippen LogP contribution in [-0.2, 0) is 14.8 Å². The van der Waals surface area contributed by atoms with E-state index in [0.29, 0.717) is 19.5 Å². The van der Waals surface area contributed by atoms with Crippen molar-refractivity contribution in [3.63, 3.8) is 0 Å². The largest absolute Gasteiger partial charge is 0.299 e. The van der Waals surface area contributed by atoms with Gasteiger partial charge in [0.15, 0.2) is 0 Å². The lowest BCUT2D eigenvalue weighted by molar-refractivity contribution is -0.123. The molecule has 5 heteroatoms. The predicted octanol–water partition coefficient (Wildman–Crippen LogP) is 0.637. The normalized spacial score (nSPS) is 24.9. The third kappa shape index (κ3) is 2.78. The highest BCUT2D eigenvalue weighted by Gasteiger charge is 2.28. The zero-order valence-electron chi connectivity index (χ0n) is 8.69. The van der Waals surface area contributed by atoms with Crippen molar-refractivity contribution in [2.24, 2.45) is 5.92 Å². The predicted molar refractivity (Wildman–Crippen MR) is 54.4 cm³/mol. The van der Waals surface area contributed by atoms with Gasteiger partial charge in [0.25, 0.3) is 0 Å². The molecular weight excluding hydrogens is 202 g/mol. The molecular formula is C9H17NO3S. The summed E-state index contributed by atoms with van der Waals surface area (Å²) in [5.41, 5.74) is 0. The third-order valence-corrected chi connectivity index (χ3v) is 3.93. The summed E-state index contributed by atoms with van der Waals surface area (Å²) in [6.45, 7) is 2.76. The summed E-state index contributed by atoms with van der Waals surface area (Å²) < 4.78 is 23.9. The molecule has 1 saturated heterocycles. The molecule has 0 amide bonds. The van der Waals surface area contributed by atoms with Crippen LogP contribution in [0.4, 0.5) is 0 Å². The Labute approximate surface area is 85.3 Å². The highest BCUT2D eigenvalue weighted by atomic mass is 32.2. The summed E-state index contributed by atoms with van der Waals surface area (Å²) in [4.78, 5) is 11.4. The van der Waals surface area contributed by atoms with E-state index >= 15 is 0 Å².